The largest absolute Gasteiger partial charge is 0.493 e. The second-order valence-electron chi connectivity index (χ2n) is 4.89. The highest BCUT2D eigenvalue weighted by molar-refractivity contribution is 9.10. The molecule has 0 radical (unpaired) electrons. The summed E-state index contributed by atoms with van der Waals surface area (Å²) < 4.78 is 11.5. The molecule has 6 heteroatoms. The van der Waals surface area contributed by atoms with E-state index < -0.39 is 5.97 Å². The monoisotopic (exact) mass is 343 g/mol. The molecule has 0 saturated carbocycles. The Balaban J connectivity index is 2.40. The number of aryl methyl sites for hydroxylation is 1. The average molecular weight is 344 g/mol. The van der Waals surface area contributed by atoms with Crippen molar-refractivity contribution in [2.45, 2.75) is 19.4 Å². The van der Waals surface area contributed by atoms with E-state index in [1.807, 2.05) is 13.0 Å². The number of nitrogens with one attached hydrogen (secondary N) is 1. The highest BCUT2D eigenvalue weighted by Gasteiger charge is 2.33. The van der Waals surface area contributed by atoms with Gasteiger partial charge in [-0.3, -0.25) is 4.79 Å². The van der Waals surface area contributed by atoms with Crippen LogP contribution >= 0.6 is 15.9 Å². The molecule has 0 spiro atoms. The molecule has 0 amide bonds. The van der Waals surface area contributed by atoms with E-state index in [9.17, 15) is 4.79 Å². The first-order valence-electron chi connectivity index (χ1n) is 6.36. The molecule has 2 unspecified atom stereocenters. The standard InChI is InChI=1S/C14H18BrNO4/c1-7-4-10(19-2)13(20-3)12(15)11(7)9-5-8(6-16-9)14(17)18/h4,8-9,16H,5-6H2,1-3H3,(H,17,18). The molecule has 1 aromatic rings. The van der Waals surface area contributed by atoms with Gasteiger partial charge in [-0.1, -0.05) is 0 Å². The van der Waals surface area contributed by atoms with Gasteiger partial charge in [0, 0.05) is 12.6 Å². The minimum atomic E-state index is -0.755. The van der Waals surface area contributed by atoms with Gasteiger partial charge in [-0.2, -0.15) is 0 Å². The molecule has 1 saturated heterocycles. The van der Waals surface area contributed by atoms with E-state index >= 15 is 0 Å². The number of carboxylic acids is 1. The zero-order valence-electron chi connectivity index (χ0n) is 11.7. The summed E-state index contributed by atoms with van der Waals surface area (Å²) in [5.74, 6) is 0.190. The van der Waals surface area contributed by atoms with Crippen LogP contribution in [-0.2, 0) is 4.79 Å². The summed E-state index contributed by atoms with van der Waals surface area (Å²) in [7, 11) is 3.18. The number of hydrogen-bond acceptors (Lipinski definition) is 4. The molecule has 1 heterocycles. The fraction of sp³-hybridized carbons (Fsp3) is 0.500. The van der Waals surface area contributed by atoms with Gasteiger partial charge < -0.3 is 19.9 Å². The molecule has 1 aromatic carbocycles. The molecule has 0 aromatic heterocycles. The molecule has 2 N–H and O–H groups in total. The summed E-state index contributed by atoms with van der Waals surface area (Å²) in [6.45, 7) is 2.47. The van der Waals surface area contributed by atoms with Crippen LogP contribution in [0.4, 0.5) is 0 Å². The van der Waals surface area contributed by atoms with Crippen molar-refractivity contribution in [3.05, 3.63) is 21.7 Å². The highest BCUT2D eigenvalue weighted by atomic mass is 79.9. The van der Waals surface area contributed by atoms with Gasteiger partial charge in [0.1, 0.15) is 0 Å². The zero-order chi connectivity index (χ0) is 14.9. The first-order chi connectivity index (χ1) is 9.49. The lowest BCUT2D eigenvalue weighted by atomic mass is 9.96. The second kappa shape index (κ2) is 6.01. The van der Waals surface area contributed by atoms with Gasteiger partial charge in [-0.05, 0) is 46.5 Å². The van der Waals surface area contributed by atoms with Crippen LogP contribution in [0.25, 0.3) is 0 Å². The predicted molar refractivity (Wildman–Crippen MR) is 78.5 cm³/mol. The fourth-order valence-electron chi connectivity index (χ4n) is 2.66. The minimum absolute atomic E-state index is 0.00489. The zero-order valence-corrected chi connectivity index (χ0v) is 13.3. The van der Waals surface area contributed by atoms with Gasteiger partial charge in [0.25, 0.3) is 0 Å². The van der Waals surface area contributed by atoms with Gasteiger partial charge in [0.2, 0.25) is 0 Å². The Morgan fingerprint density at radius 3 is 2.65 bits per heavy atom. The molecule has 1 aliphatic heterocycles. The Morgan fingerprint density at radius 1 is 1.45 bits per heavy atom. The first kappa shape index (κ1) is 15.1. The number of carbonyl (C=O) groups is 1. The molecule has 0 bridgehead atoms. The number of rotatable bonds is 4. The first-order valence-corrected chi connectivity index (χ1v) is 7.16. The van der Waals surface area contributed by atoms with E-state index in [4.69, 9.17) is 14.6 Å². The van der Waals surface area contributed by atoms with E-state index in [1.165, 1.54) is 0 Å². The van der Waals surface area contributed by atoms with Crippen LogP contribution in [0.5, 0.6) is 11.5 Å². The summed E-state index contributed by atoms with van der Waals surface area (Å²) in [6, 6.07) is 1.92. The summed E-state index contributed by atoms with van der Waals surface area (Å²) in [5.41, 5.74) is 2.07. The topological polar surface area (TPSA) is 67.8 Å². The number of hydrogen-bond donors (Lipinski definition) is 2. The fourth-order valence-corrected chi connectivity index (χ4v) is 3.60. The van der Waals surface area contributed by atoms with E-state index in [0.717, 1.165) is 15.6 Å². The Hall–Kier alpha value is -1.27. The summed E-state index contributed by atoms with van der Waals surface area (Å²) in [5, 5.41) is 12.4. The van der Waals surface area contributed by atoms with Crippen molar-refractivity contribution in [2.75, 3.05) is 20.8 Å². The van der Waals surface area contributed by atoms with Crippen molar-refractivity contribution in [3.8, 4) is 11.5 Å². The van der Waals surface area contributed by atoms with Crippen LogP contribution in [-0.4, -0.2) is 31.8 Å². The maximum absolute atomic E-state index is 11.1. The number of methoxy groups -OCH3 is 2. The molecule has 5 nitrogen and oxygen atoms in total. The van der Waals surface area contributed by atoms with Crippen molar-refractivity contribution in [3.63, 3.8) is 0 Å². The van der Waals surface area contributed by atoms with Crippen molar-refractivity contribution in [1.29, 1.82) is 0 Å². The normalized spacial score (nSPS) is 21.8. The average Bonchev–Trinajstić information content (AvgIpc) is 2.87. The quantitative estimate of drug-likeness (QED) is 0.879. The third-order valence-corrected chi connectivity index (χ3v) is 4.47. The minimum Gasteiger partial charge on any atom is -0.493 e. The summed E-state index contributed by atoms with van der Waals surface area (Å²) in [4.78, 5) is 11.1. The highest BCUT2D eigenvalue weighted by Crippen LogP contribution is 2.44. The third kappa shape index (κ3) is 2.62. The number of benzene rings is 1. The Bertz CT molecular complexity index is 532. The summed E-state index contributed by atoms with van der Waals surface area (Å²) >= 11 is 3.56. The maximum Gasteiger partial charge on any atom is 0.307 e. The van der Waals surface area contributed by atoms with Crippen LogP contribution in [0.15, 0.2) is 10.5 Å². The molecule has 110 valence electrons. The second-order valence-corrected chi connectivity index (χ2v) is 5.68. The lowest BCUT2D eigenvalue weighted by Crippen LogP contribution is -2.18. The van der Waals surface area contributed by atoms with E-state index in [1.54, 1.807) is 14.2 Å². The number of ether oxygens (including phenoxy) is 2. The van der Waals surface area contributed by atoms with Crippen molar-refractivity contribution in [1.82, 2.24) is 5.32 Å². The van der Waals surface area contributed by atoms with E-state index in [0.29, 0.717) is 24.5 Å². The Labute approximate surface area is 126 Å². The molecule has 1 fully saturated rings. The predicted octanol–water partition coefficient (Wildman–Crippen LogP) is 2.51. The Kier molecular flexibility index (Phi) is 4.55. The summed E-state index contributed by atoms with van der Waals surface area (Å²) in [6.07, 6.45) is 0.574. The van der Waals surface area contributed by atoms with Gasteiger partial charge in [-0.25, -0.2) is 0 Å². The lowest BCUT2D eigenvalue weighted by Gasteiger charge is -2.20. The lowest BCUT2D eigenvalue weighted by molar-refractivity contribution is -0.141. The van der Waals surface area contributed by atoms with Crippen LogP contribution in [0.1, 0.15) is 23.6 Å². The van der Waals surface area contributed by atoms with Gasteiger partial charge in [0.15, 0.2) is 11.5 Å². The molecule has 2 rings (SSSR count). The third-order valence-electron chi connectivity index (χ3n) is 3.68. The molecule has 20 heavy (non-hydrogen) atoms. The van der Waals surface area contributed by atoms with Gasteiger partial charge in [-0.15, -0.1) is 0 Å². The van der Waals surface area contributed by atoms with E-state index in [-0.39, 0.29) is 12.0 Å². The molecule has 0 aliphatic carbocycles. The van der Waals surface area contributed by atoms with Crippen LogP contribution in [0.2, 0.25) is 0 Å². The molecular formula is C14H18BrNO4. The smallest absolute Gasteiger partial charge is 0.307 e. The van der Waals surface area contributed by atoms with Gasteiger partial charge >= 0.3 is 5.97 Å². The molecule has 2 atom stereocenters. The van der Waals surface area contributed by atoms with Crippen molar-refractivity contribution >= 4 is 21.9 Å². The van der Waals surface area contributed by atoms with E-state index in [2.05, 4.69) is 21.2 Å². The van der Waals surface area contributed by atoms with Gasteiger partial charge in [0.05, 0.1) is 24.6 Å². The van der Waals surface area contributed by atoms with Crippen molar-refractivity contribution < 1.29 is 19.4 Å². The van der Waals surface area contributed by atoms with Crippen LogP contribution < -0.4 is 14.8 Å². The number of aliphatic carboxylic acids is 1. The SMILES string of the molecule is COc1cc(C)c(C2CC(C(=O)O)CN2)c(Br)c1OC. The molecule has 1 aliphatic rings. The number of halogens is 1. The Morgan fingerprint density at radius 2 is 2.15 bits per heavy atom. The van der Waals surface area contributed by atoms with Crippen LogP contribution in [0, 0.1) is 12.8 Å². The van der Waals surface area contributed by atoms with Crippen LogP contribution in [0.3, 0.4) is 0 Å². The maximum atomic E-state index is 11.1. The molecular weight excluding hydrogens is 326 g/mol. The van der Waals surface area contributed by atoms with Crippen molar-refractivity contribution in [2.24, 2.45) is 5.92 Å². The number of carboxylic acid groups (broad SMARTS) is 1.